The number of benzene rings is 1. The molecule has 6 heteroatoms. The Bertz CT molecular complexity index is 622. The number of halogens is 2. The molecule has 1 aliphatic rings. The van der Waals surface area contributed by atoms with Gasteiger partial charge < -0.3 is 9.64 Å². The molecule has 1 fully saturated rings. The summed E-state index contributed by atoms with van der Waals surface area (Å²) in [5.74, 6) is 0.132. The lowest BCUT2D eigenvalue weighted by Gasteiger charge is -2.40. The fourth-order valence-corrected chi connectivity index (χ4v) is 3.28. The Labute approximate surface area is 146 Å². The van der Waals surface area contributed by atoms with E-state index in [1.54, 1.807) is 32.2 Å². The van der Waals surface area contributed by atoms with Crippen LogP contribution in [0.4, 0.5) is 0 Å². The van der Waals surface area contributed by atoms with Gasteiger partial charge in [0, 0.05) is 18.1 Å². The summed E-state index contributed by atoms with van der Waals surface area (Å²) in [5, 5.41) is 10.5. The molecule has 1 atom stereocenters. The Hall–Kier alpha value is -1.44. The van der Waals surface area contributed by atoms with Crippen molar-refractivity contribution in [3.8, 4) is 11.8 Å². The summed E-state index contributed by atoms with van der Waals surface area (Å²) in [4.78, 5) is 14.2. The third-order valence-corrected chi connectivity index (χ3v) is 4.95. The summed E-state index contributed by atoms with van der Waals surface area (Å²) >= 11 is 12.0. The lowest BCUT2D eigenvalue weighted by molar-refractivity contribution is -0.141. The van der Waals surface area contributed by atoms with Crippen molar-refractivity contribution >= 4 is 29.1 Å². The van der Waals surface area contributed by atoms with E-state index < -0.39 is 11.6 Å². The number of rotatable bonds is 4. The molecular formula is C17H20Cl2N2O2. The number of amides is 1. The lowest BCUT2D eigenvalue weighted by atomic mass is 9.81. The quantitative estimate of drug-likeness (QED) is 0.802. The van der Waals surface area contributed by atoms with Crippen LogP contribution in [0, 0.1) is 11.3 Å². The van der Waals surface area contributed by atoms with Crippen molar-refractivity contribution in [1.82, 2.24) is 4.90 Å². The van der Waals surface area contributed by atoms with E-state index in [1.807, 2.05) is 0 Å². The number of nitriles is 1. The van der Waals surface area contributed by atoms with Crippen LogP contribution < -0.4 is 4.74 Å². The van der Waals surface area contributed by atoms with Gasteiger partial charge in [-0.15, -0.1) is 0 Å². The Kier molecular flexibility index (Phi) is 5.78. The largest absolute Gasteiger partial charge is 0.479 e. The normalized spacial score (nSPS) is 17.9. The molecule has 0 aliphatic heterocycles. The zero-order valence-electron chi connectivity index (χ0n) is 13.3. The molecule has 0 saturated heterocycles. The molecule has 1 aliphatic carbocycles. The number of carbonyl (C=O) groups excluding carboxylic acids is 1. The van der Waals surface area contributed by atoms with Gasteiger partial charge in [-0.3, -0.25) is 4.79 Å². The molecule has 1 aromatic rings. The first-order valence-electron chi connectivity index (χ1n) is 7.70. The molecule has 0 heterocycles. The van der Waals surface area contributed by atoms with Crippen molar-refractivity contribution in [2.75, 3.05) is 7.05 Å². The highest BCUT2D eigenvalue weighted by Gasteiger charge is 2.40. The Balaban J connectivity index is 2.12. The molecule has 0 spiro atoms. The first-order valence-corrected chi connectivity index (χ1v) is 8.46. The SMILES string of the molecule is C[C@H](Oc1cc(Cl)ccc1Cl)C(=O)N(C)C1(C#N)CCCCC1. The molecule has 1 aromatic carbocycles. The monoisotopic (exact) mass is 354 g/mol. The number of hydrogen-bond acceptors (Lipinski definition) is 3. The van der Waals surface area contributed by atoms with Gasteiger partial charge in [0.15, 0.2) is 6.10 Å². The number of hydrogen-bond donors (Lipinski definition) is 0. The molecule has 2 rings (SSSR count). The van der Waals surface area contributed by atoms with E-state index >= 15 is 0 Å². The Morgan fingerprint density at radius 2 is 2.00 bits per heavy atom. The highest BCUT2D eigenvalue weighted by atomic mass is 35.5. The molecule has 0 aromatic heterocycles. The third-order valence-electron chi connectivity index (χ3n) is 4.41. The van der Waals surface area contributed by atoms with Gasteiger partial charge in [0.2, 0.25) is 0 Å². The smallest absolute Gasteiger partial charge is 0.264 e. The van der Waals surface area contributed by atoms with Gasteiger partial charge in [-0.1, -0.05) is 42.5 Å². The van der Waals surface area contributed by atoms with Gasteiger partial charge in [-0.25, -0.2) is 0 Å². The van der Waals surface area contributed by atoms with Gasteiger partial charge in [-0.05, 0) is 31.9 Å². The molecular weight excluding hydrogens is 335 g/mol. The summed E-state index contributed by atoms with van der Waals surface area (Å²) in [6.45, 7) is 1.66. The lowest BCUT2D eigenvalue weighted by Crippen LogP contribution is -2.53. The van der Waals surface area contributed by atoms with E-state index in [0.29, 0.717) is 28.6 Å². The second kappa shape index (κ2) is 7.42. The van der Waals surface area contributed by atoms with Gasteiger partial charge in [0.25, 0.3) is 5.91 Å². The highest BCUT2D eigenvalue weighted by Crippen LogP contribution is 2.34. The molecule has 1 amide bonds. The minimum absolute atomic E-state index is 0.232. The fourth-order valence-electron chi connectivity index (χ4n) is 2.95. The number of likely N-dealkylation sites (N-methyl/N-ethyl adjacent to an activating group) is 1. The fraction of sp³-hybridized carbons (Fsp3) is 0.529. The van der Waals surface area contributed by atoms with E-state index in [1.165, 1.54) is 4.90 Å². The van der Waals surface area contributed by atoms with Gasteiger partial charge in [0.1, 0.15) is 11.3 Å². The van der Waals surface area contributed by atoms with Crippen molar-refractivity contribution in [1.29, 1.82) is 5.26 Å². The second-order valence-corrected chi connectivity index (χ2v) is 6.78. The molecule has 4 nitrogen and oxygen atoms in total. The average molecular weight is 355 g/mol. The molecule has 0 radical (unpaired) electrons. The molecule has 124 valence electrons. The van der Waals surface area contributed by atoms with Crippen molar-refractivity contribution in [2.45, 2.75) is 50.7 Å². The van der Waals surface area contributed by atoms with E-state index in [0.717, 1.165) is 19.3 Å². The van der Waals surface area contributed by atoms with Gasteiger partial charge in [-0.2, -0.15) is 5.26 Å². The van der Waals surface area contributed by atoms with Crippen molar-refractivity contribution in [2.24, 2.45) is 0 Å². The van der Waals surface area contributed by atoms with Crippen molar-refractivity contribution < 1.29 is 9.53 Å². The predicted octanol–water partition coefficient (Wildman–Crippen LogP) is 4.45. The molecule has 1 saturated carbocycles. The Morgan fingerprint density at radius 3 is 2.61 bits per heavy atom. The van der Waals surface area contributed by atoms with Crippen LogP contribution in [0.2, 0.25) is 10.0 Å². The topological polar surface area (TPSA) is 53.3 Å². The first kappa shape index (κ1) is 17.9. The van der Waals surface area contributed by atoms with Crippen molar-refractivity contribution in [3.63, 3.8) is 0 Å². The molecule has 0 bridgehead atoms. The summed E-state index contributed by atoms with van der Waals surface area (Å²) in [5.41, 5.74) is -0.731. The predicted molar refractivity (Wildman–Crippen MR) is 90.8 cm³/mol. The van der Waals surface area contributed by atoms with Crippen LogP contribution in [0.5, 0.6) is 5.75 Å². The van der Waals surface area contributed by atoms with Crippen LogP contribution in [-0.4, -0.2) is 29.5 Å². The minimum atomic E-state index is -0.747. The summed E-state index contributed by atoms with van der Waals surface area (Å²) in [7, 11) is 1.68. The van der Waals surface area contributed by atoms with Crippen LogP contribution in [0.25, 0.3) is 0 Å². The zero-order chi connectivity index (χ0) is 17.0. The minimum Gasteiger partial charge on any atom is -0.479 e. The van der Waals surface area contributed by atoms with E-state index in [-0.39, 0.29) is 5.91 Å². The number of ether oxygens (including phenoxy) is 1. The average Bonchev–Trinajstić information content (AvgIpc) is 2.57. The van der Waals surface area contributed by atoms with Crippen LogP contribution in [0.3, 0.4) is 0 Å². The van der Waals surface area contributed by atoms with E-state index in [9.17, 15) is 10.1 Å². The maximum atomic E-state index is 12.7. The first-order chi connectivity index (χ1) is 10.9. The van der Waals surface area contributed by atoms with E-state index in [2.05, 4.69) is 6.07 Å². The van der Waals surface area contributed by atoms with Gasteiger partial charge in [0.05, 0.1) is 11.1 Å². The third kappa shape index (κ3) is 3.91. The highest BCUT2D eigenvalue weighted by molar-refractivity contribution is 6.34. The van der Waals surface area contributed by atoms with Crippen LogP contribution in [-0.2, 0) is 4.79 Å². The molecule has 0 N–H and O–H groups in total. The summed E-state index contributed by atoms with van der Waals surface area (Å²) in [6, 6.07) is 7.20. The summed E-state index contributed by atoms with van der Waals surface area (Å²) < 4.78 is 5.67. The maximum Gasteiger partial charge on any atom is 0.264 e. The Morgan fingerprint density at radius 1 is 1.35 bits per heavy atom. The summed E-state index contributed by atoms with van der Waals surface area (Å²) in [6.07, 6.45) is 3.69. The van der Waals surface area contributed by atoms with Crippen LogP contribution in [0.15, 0.2) is 18.2 Å². The number of carbonyl (C=O) groups is 1. The van der Waals surface area contributed by atoms with Crippen LogP contribution >= 0.6 is 23.2 Å². The zero-order valence-corrected chi connectivity index (χ0v) is 14.8. The maximum absolute atomic E-state index is 12.7. The molecule has 0 unspecified atom stereocenters. The van der Waals surface area contributed by atoms with Gasteiger partial charge >= 0.3 is 0 Å². The second-order valence-electron chi connectivity index (χ2n) is 5.94. The number of nitrogens with zero attached hydrogens (tertiary/aromatic N) is 2. The van der Waals surface area contributed by atoms with E-state index in [4.69, 9.17) is 27.9 Å². The molecule has 23 heavy (non-hydrogen) atoms. The standard InChI is InChI=1S/C17H20Cl2N2O2/c1-12(23-15-10-13(18)6-7-14(15)19)16(22)21(2)17(11-20)8-4-3-5-9-17/h6-7,10,12H,3-5,8-9H2,1-2H3/t12-/m0/s1. The van der Waals surface area contributed by atoms with Crippen molar-refractivity contribution in [3.05, 3.63) is 28.2 Å². The van der Waals surface area contributed by atoms with Crippen LogP contribution in [0.1, 0.15) is 39.0 Å².